The van der Waals surface area contributed by atoms with Gasteiger partial charge in [0.2, 0.25) is 5.17 Å². The minimum absolute atomic E-state index is 0.0339. The molecule has 0 radical (unpaired) electrons. The zero-order valence-corrected chi connectivity index (χ0v) is 22.0. The minimum Gasteiger partial charge on any atom is -0.490 e. The van der Waals surface area contributed by atoms with E-state index in [0.717, 1.165) is 5.56 Å². The molecule has 0 unspecified atom stereocenters. The van der Waals surface area contributed by atoms with E-state index in [1.165, 1.54) is 16.8 Å². The van der Waals surface area contributed by atoms with Gasteiger partial charge in [0.1, 0.15) is 24.0 Å². The SMILES string of the molecule is CCOc1cc(C=C2C(=N)N3N=C(c4ccccc4)SC3=NC2=O)ccc1OCCOc1ccccc1Cl. The van der Waals surface area contributed by atoms with E-state index in [9.17, 15) is 4.79 Å². The molecule has 3 aromatic carbocycles. The summed E-state index contributed by atoms with van der Waals surface area (Å²) in [6, 6.07) is 22.1. The molecule has 8 nitrogen and oxygen atoms in total. The third-order valence-corrected chi connectivity index (χ3v) is 6.76. The Morgan fingerprint density at radius 3 is 2.45 bits per heavy atom. The molecule has 3 aromatic rings. The molecule has 0 saturated carbocycles. The van der Waals surface area contributed by atoms with Gasteiger partial charge in [-0.05, 0) is 54.6 Å². The Labute approximate surface area is 229 Å². The molecule has 10 heteroatoms. The molecule has 0 atom stereocenters. The fraction of sp³-hybridized carbons (Fsp3) is 0.143. The number of rotatable bonds is 9. The minimum atomic E-state index is -0.492. The van der Waals surface area contributed by atoms with E-state index in [0.29, 0.717) is 51.3 Å². The molecule has 5 rings (SSSR count). The van der Waals surface area contributed by atoms with Crippen LogP contribution in [0.2, 0.25) is 5.02 Å². The van der Waals surface area contributed by atoms with Crippen LogP contribution in [0.4, 0.5) is 0 Å². The van der Waals surface area contributed by atoms with Crippen LogP contribution in [0.15, 0.2) is 88.5 Å². The van der Waals surface area contributed by atoms with Gasteiger partial charge in [0.05, 0.1) is 17.2 Å². The predicted molar refractivity (Wildman–Crippen MR) is 151 cm³/mol. The molecular formula is C28H23ClN4O4S. The number of amides is 1. The highest BCUT2D eigenvalue weighted by Gasteiger charge is 2.36. The zero-order chi connectivity index (χ0) is 26.5. The Morgan fingerprint density at radius 2 is 1.68 bits per heavy atom. The monoisotopic (exact) mass is 546 g/mol. The quantitative estimate of drug-likeness (QED) is 0.266. The van der Waals surface area contributed by atoms with Crippen LogP contribution < -0.4 is 14.2 Å². The highest BCUT2D eigenvalue weighted by molar-refractivity contribution is 8.27. The van der Waals surface area contributed by atoms with Gasteiger partial charge in [-0.1, -0.05) is 60.1 Å². The zero-order valence-electron chi connectivity index (χ0n) is 20.4. The van der Waals surface area contributed by atoms with Gasteiger partial charge in [-0.15, -0.1) is 0 Å². The van der Waals surface area contributed by atoms with Crippen molar-refractivity contribution < 1.29 is 19.0 Å². The molecule has 1 N–H and O–H groups in total. The highest BCUT2D eigenvalue weighted by atomic mass is 35.5. The van der Waals surface area contributed by atoms with Crippen LogP contribution in [-0.2, 0) is 4.79 Å². The molecule has 1 amide bonds. The molecule has 0 spiro atoms. The Bertz CT molecular complexity index is 1470. The van der Waals surface area contributed by atoms with Crippen molar-refractivity contribution in [1.82, 2.24) is 5.01 Å². The van der Waals surface area contributed by atoms with Crippen molar-refractivity contribution in [2.24, 2.45) is 10.1 Å². The van der Waals surface area contributed by atoms with Crippen molar-refractivity contribution in [1.29, 1.82) is 5.41 Å². The van der Waals surface area contributed by atoms with E-state index in [2.05, 4.69) is 10.1 Å². The second-order valence-electron chi connectivity index (χ2n) is 8.06. The van der Waals surface area contributed by atoms with Gasteiger partial charge in [-0.3, -0.25) is 10.2 Å². The second kappa shape index (κ2) is 11.5. The largest absolute Gasteiger partial charge is 0.490 e. The van der Waals surface area contributed by atoms with E-state index in [-0.39, 0.29) is 18.0 Å². The second-order valence-corrected chi connectivity index (χ2v) is 9.42. The molecule has 2 heterocycles. The smallest absolute Gasteiger partial charge is 0.283 e. The summed E-state index contributed by atoms with van der Waals surface area (Å²) in [7, 11) is 0. The topological polar surface area (TPSA) is 96.6 Å². The Balaban J connectivity index is 1.31. The molecule has 2 aliphatic heterocycles. The highest BCUT2D eigenvalue weighted by Crippen LogP contribution is 2.33. The number of fused-ring (bicyclic) bond motifs is 1. The van der Waals surface area contributed by atoms with E-state index in [1.807, 2.05) is 49.4 Å². The lowest BCUT2D eigenvalue weighted by Gasteiger charge is -2.20. The van der Waals surface area contributed by atoms with Crippen molar-refractivity contribution >= 4 is 51.4 Å². The van der Waals surface area contributed by atoms with Gasteiger partial charge in [0.25, 0.3) is 5.91 Å². The van der Waals surface area contributed by atoms with Crippen LogP contribution in [-0.4, -0.2) is 46.8 Å². The summed E-state index contributed by atoms with van der Waals surface area (Å²) in [6.45, 7) is 2.88. The average molecular weight is 547 g/mol. The van der Waals surface area contributed by atoms with Gasteiger partial charge in [0.15, 0.2) is 17.3 Å². The number of halogens is 1. The van der Waals surface area contributed by atoms with Crippen LogP contribution in [0.3, 0.4) is 0 Å². The van der Waals surface area contributed by atoms with Gasteiger partial charge < -0.3 is 14.2 Å². The molecule has 0 saturated heterocycles. The van der Waals surface area contributed by atoms with E-state index in [1.54, 1.807) is 36.4 Å². The van der Waals surface area contributed by atoms with Crippen LogP contribution in [0.1, 0.15) is 18.1 Å². The third-order valence-electron chi connectivity index (χ3n) is 5.49. The van der Waals surface area contributed by atoms with Gasteiger partial charge in [-0.25, -0.2) is 0 Å². The fourth-order valence-corrected chi connectivity index (χ4v) is 4.81. The first kappa shape index (κ1) is 25.6. The summed E-state index contributed by atoms with van der Waals surface area (Å²) in [5.74, 6) is 1.11. The summed E-state index contributed by atoms with van der Waals surface area (Å²) in [6.07, 6.45) is 1.61. The summed E-state index contributed by atoms with van der Waals surface area (Å²) < 4.78 is 17.3. The summed E-state index contributed by atoms with van der Waals surface area (Å²) >= 11 is 7.39. The van der Waals surface area contributed by atoms with Crippen LogP contribution in [0.25, 0.3) is 6.08 Å². The number of benzene rings is 3. The first-order chi connectivity index (χ1) is 18.5. The number of amidine groups is 2. The third kappa shape index (κ3) is 5.58. The maximum atomic E-state index is 12.8. The first-order valence-electron chi connectivity index (χ1n) is 11.9. The Kier molecular flexibility index (Phi) is 7.76. The number of nitrogens with zero attached hydrogens (tertiary/aromatic N) is 3. The number of ether oxygens (including phenoxy) is 3. The molecule has 2 aliphatic rings. The normalized spacial score (nSPS) is 15.7. The fourth-order valence-electron chi connectivity index (χ4n) is 3.72. The molecule has 0 fully saturated rings. The van der Waals surface area contributed by atoms with Crippen LogP contribution >= 0.6 is 23.4 Å². The van der Waals surface area contributed by atoms with Crippen molar-refractivity contribution in [3.8, 4) is 17.2 Å². The predicted octanol–water partition coefficient (Wildman–Crippen LogP) is 5.86. The number of hydrogen-bond donors (Lipinski definition) is 1. The van der Waals surface area contributed by atoms with E-state index < -0.39 is 5.91 Å². The number of carbonyl (C=O) groups is 1. The number of para-hydroxylation sites is 1. The Morgan fingerprint density at radius 1 is 0.947 bits per heavy atom. The summed E-state index contributed by atoms with van der Waals surface area (Å²) in [4.78, 5) is 17.0. The van der Waals surface area contributed by atoms with Crippen molar-refractivity contribution in [3.63, 3.8) is 0 Å². The lowest BCUT2D eigenvalue weighted by molar-refractivity contribution is -0.114. The lowest BCUT2D eigenvalue weighted by Crippen LogP contribution is -2.35. The maximum absolute atomic E-state index is 12.8. The standard InChI is InChI=1S/C28H23ClN4O4S/c1-2-35-24-17-18(12-13-23(24)37-15-14-36-22-11-7-6-10-21(22)29)16-20-25(30)33-28(31-26(20)34)38-27(32-33)19-8-4-3-5-9-19/h3-13,16-17,30H,2,14-15H2,1H3. The molecule has 0 aromatic heterocycles. The number of hydrazone groups is 1. The maximum Gasteiger partial charge on any atom is 0.283 e. The summed E-state index contributed by atoms with van der Waals surface area (Å²) in [5.41, 5.74) is 1.70. The number of nitrogens with one attached hydrogen (secondary N) is 1. The number of carbonyl (C=O) groups excluding carboxylic acids is 1. The van der Waals surface area contributed by atoms with Crippen LogP contribution in [0.5, 0.6) is 17.2 Å². The lowest BCUT2D eigenvalue weighted by atomic mass is 10.1. The van der Waals surface area contributed by atoms with Gasteiger partial charge in [-0.2, -0.15) is 15.1 Å². The van der Waals surface area contributed by atoms with Crippen molar-refractivity contribution in [2.45, 2.75) is 6.92 Å². The van der Waals surface area contributed by atoms with Gasteiger partial charge >= 0.3 is 0 Å². The molecule has 0 bridgehead atoms. The molecule has 38 heavy (non-hydrogen) atoms. The number of thioether (sulfide) groups is 1. The number of aliphatic imine (C=N–C) groups is 1. The van der Waals surface area contributed by atoms with E-state index >= 15 is 0 Å². The molecule has 0 aliphatic carbocycles. The number of hydrogen-bond acceptors (Lipinski definition) is 7. The first-order valence-corrected chi connectivity index (χ1v) is 13.1. The average Bonchev–Trinajstić information content (AvgIpc) is 3.36. The van der Waals surface area contributed by atoms with Gasteiger partial charge in [0, 0.05) is 5.56 Å². The summed E-state index contributed by atoms with van der Waals surface area (Å²) in [5, 5.41) is 16.1. The van der Waals surface area contributed by atoms with Crippen LogP contribution in [0, 0.1) is 5.41 Å². The Hall–Kier alpha value is -4.08. The van der Waals surface area contributed by atoms with Crippen molar-refractivity contribution in [2.75, 3.05) is 19.8 Å². The molecular weight excluding hydrogens is 524 g/mol. The molecule has 192 valence electrons. The van der Waals surface area contributed by atoms with Crippen molar-refractivity contribution in [3.05, 3.63) is 94.5 Å². The van der Waals surface area contributed by atoms with E-state index in [4.69, 9.17) is 31.2 Å².